The molecule has 0 amide bonds. The molecule has 0 bridgehead atoms. The Morgan fingerprint density at radius 2 is 1.93 bits per heavy atom. The van der Waals surface area contributed by atoms with Gasteiger partial charge in [-0.05, 0) is 11.5 Å². The summed E-state index contributed by atoms with van der Waals surface area (Å²) in [5.41, 5.74) is 1.10. The molecule has 3 heteroatoms. The zero-order chi connectivity index (χ0) is 10.2. The molecule has 1 aromatic carbocycles. The van der Waals surface area contributed by atoms with E-state index in [0.29, 0.717) is 25.0 Å². The van der Waals surface area contributed by atoms with E-state index < -0.39 is 0 Å². The average Bonchev–Trinajstić information content (AvgIpc) is 2.25. The van der Waals surface area contributed by atoms with Gasteiger partial charge in [-0.25, -0.2) is 9.78 Å². The summed E-state index contributed by atoms with van der Waals surface area (Å²) >= 11 is 5.61. The first-order valence-corrected chi connectivity index (χ1v) is 5.20. The second-order valence-corrected chi connectivity index (χ2v) is 3.60. The Kier molecular flexibility index (Phi) is 5.60. The molecule has 0 fully saturated rings. The van der Waals surface area contributed by atoms with Crippen LogP contribution in [-0.2, 0) is 16.4 Å². The third kappa shape index (κ3) is 4.61. The molecule has 0 aliphatic heterocycles. The van der Waals surface area contributed by atoms with Crippen LogP contribution >= 0.6 is 11.6 Å². The minimum Gasteiger partial charge on any atom is -0.236 e. The first-order valence-electron chi connectivity index (χ1n) is 4.67. The van der Waals surface area contributed by atoms with E-state index in [9.17, 15) is 0 Å². The Bertz CT molecular complexity index is 238. The normalized spacial score (nSPS) is 12.7. The second kappa shape index (κ2) is 6.82. The standard InChI is InChI=1S/C11H15ClO2/c1-10(7-12)8-13-14-9-11-5-3-2-4-6-11/h2-6,10H,7-9H2,1H3. The van der Waals surface area contributed by atoms with Crippen LogP contribution in [0.3, 0.4) is 0 Å². The molecule has 0 radical (unpaired) electrons. The van der Waals surface area contributed by atoms with Crippen molar-refractivity contribution in [2.75, 3.05) is 12.5 Å². The first kappa shape index (κ1) is 11.5. The van der Waals surface area contributed by atoms with E-state index in [-0.39, 0.29) is 0 Å². The fraction of sp³-hybridized carbons (Fsp3) is 0.455. The van der Waals surface area contributed by atoms with Crippen molar-refractivity contribution in [2.45, 2.75) is 13.5 Å². The molecule has 0 N–H and O–H groups in total. The van der Waals surface area contributed by atoms with Crippen molar-refractivity contribution < 1.29 is 9.78 Å². The van der Waals surface area contributed by atoms with Crippen LogP contribution in [0.25, 0.3) is 0 Å². The summed E-state index contributed by atoms with van der Waals surface area (Å²) in [6, 6.07) is 9.91. The summed E-state index contributed by atoms with van der Waals surface area (Å²) in [4.78, 5) is 10.0. The van der Waals surface area contributed by atoms with E-state index in [4.69, 9.17) is 21.4 Å². The number of benzene rings is 1. The Morgan fingerprint density at radius 3 is 2.57 bits per heavy atom. The van der Waals surface area contributed by atoms with E-state index in [2.05, 4.69) is 0 Å². The lowest BCUT2D eigenvalue weighted by molar-refractivity contribution is -0.308. The molecule has 0 saturated carbocycles. The molecule has 0 aliphatic carbocycles. The van der Waals surface area contributed by atoms with Crippen LogP contribution in [0, 0.1) is 5.92 Å². The van der Waals surface area contributed by atoms with Crippen molar-refractivity contribution in [1.29, 1.82) is 0 Å². The Hall–Kier alpha value is -0.570. The Morgan fingerprint density at radius 1 is 1.21 bits per heavy atom. The molecule has 1 atom stereocenters. The van der Waals surface area contributed by atoms with Gasteiger partial charge in [-0.3, -0.25) is 0 Å². The summed E-state index contributed by atoms with van der Waals surface area (Å²) in [5, 5.41) is 0. The van der Waals surface area contributed by atoms with Crippen LogP contribution in [-0.4, -0.2) is 12.5 Å². The minimum atomic E-state index is 0.326. The van der Waals surface area contributed by atoms with Crippen molar-refractivity contribution in [1.82, 2.24) is 0 Å². The lowest BCUT2D eigenvalue weighted by Crippen LogP contribution is -2.07. The maximum atomic E-state index is 5.61. The molecule has 1 unspecified atom stereocenters. The highest BCUT2D eigenvalue weighted by atomic mass is 35.5. The molecule has 14 heavy (non-hydrogen) atoms. The molecule has 78 valence electrons. The number of alkyl halides is 1. The summed E-state index contributed by atoms with van der Waals surface area (Å²) in [6.45, 7) is 3.03. The topological polar surface area (TPSA) is 18.5 Å². The third-order valence-electron chi connectivity index (χ3n) is 1.77. The zero-order valence-electron chi connectivity index (χ0n) is 8.28. The fourth-order valence-electron chi connectivity index (χ4n) is 0.893. The second-order valence-electron chi connectivity index (χ2n) is 3.29. The summed E-state index contributed by atoms with van der Waals surface area (Å²) < 4.78 is 0. The van der Waals surface area contributed by atoms with Gasteiger partial charge >= 0.3 is 0 Å². The Labute approximate surface area is 89.7 Å². The van der Waals surface area contributed by atoms with Crippen molar-refractivity contribution in [3.05, 3.63) is 35.9 Å². The summed E-state index contributed by atoms with van der Waals surface area (Å²) in [7, 11) is 0. The Balaban J connectivity index is 2.10. The van der Waals surface area contributed by atoms with Crippen molar-refractivity contribution in [2.24, 2.45) is 5.92 Å². The van der Waals surface area contributed by atoms with Gasteiger partial charge in [0.2, 0.25) is 0 Å². The van der Waals surface area contributed by atoms with Gasteiger partial charge in [-0.15, -0.1) is 11.6 Å². The monoisotopic (exact) mass is 214 g/mol. The molecule has 1 rings (SSSR count). The first-order chi connectivity index (χ1) is 6.83. The predicted octanol–water partition coefficient (Wildman–Crippen LogP) is 3.01. The van der Waals surface area contributed by atoms with E-state index in [1.54, 1.807) is 0 Å². The van der Waals surface area contributed by atoms with Gasteiger partial charge in [0.25, 0.3) is 0 Å². The molecular formula is C11H15ClO2. The number of hydrogen-bond donors (Lipinski definition) is 0. The summed E-state index contributed by atoms with van der Waals surface area (Å²) in [6.07, 6.45) is 0. The number of rotatable bonds is 6. The van der Waals surface area contributed by atoms with Gasteiger partial charge < -0.3 is 0 Å². The zero-order valence-corrected chi connectivity index (χ0v) is 9.04. The predicted molar refractivity (Wildman–Crippen MR) is 57.1 cm³/mol. The van der Waals surface area contributed by atoms with Crippen molar-refractivity contribution in [3.8, 4) is 0 Å². The summed E-state index contributed by atoms with van der Waals surface area (Å²) in [5.74, 6) is 0.918. The van der Waals surface area contributed by atoms with E-state index >= 15 is 0 Å². The molecular weight excluding hydrogens is 200 g/mol. The maximum Gasteiger partial charge on any atom is 0.107 e. The van der Waals surface area contributed by atoms with Gasteiger partial charge in [0, 0.05) is 5.88 Å². The van der Waals surface area contributed by atoms with Gasteiger partial charge in [0.1, 0.15) is 6.61 Å². The van der Waals surface area contributed by atoms with E-state index in [0.717, 1.165) is 5.56 Å². The quantitative estimate of drug-likeness (QED) is 0.314. The highest BCUT2D eigenvalue weighted by Crippen LogP contribution is 2.03. The van der Waals surface area contributed by atoms with E-state index in [1.807, 2.05) is 37.3 Å². The number of hydrogen-bond acceptors (Lipinski definition) is 2. The highest BCUT2D eigenvalue weighted by Gasteiger charge is 2.00. The van der Waals surface area contributed by atoms with Crippen LogP contribution in [0.2, 0.25) is 0 Å². The minimum absolute atomic E-state index is 0.326. The molecule has 0 aromatic heterocycles. The SMILES string of the molecule is CC(CCl)COOCc1ccccc1. The van der Waals surface area contributed by atoms with Gasteiger partial charge in [-0.2, -0.15) is 0 Å². The van der Waals surface area contributed by atoms with Gasteiger partial charge in [0.05, 0.1) is 6.61 Å². The van der Waals surface area contributed by atoms with Crippen LogP contribution in [0.1, 0.15) is 12.5 Å². The molecule has 0 heterocycles. The third-order valence-corrected chi connectivity index (χ3v) is 2.29. The van der Waals surface area contributed by atoms with Crippen molar-refractivity contribution in [3.63, 3.8) is 0 Å². The molecule has 2 nitrogen and oxygen atoms in total. The molecule has 1 aromatic rings. The lowest BCUT2D eigenvalue weighted by atomic mass is 10.2. The van der Waals surface area contributed by atoms with Crippen LogP contribution in [0.4, 0.5) is 0 Å². The largest absolute Gasteiger partial charge is 0.236 e. The molecule has 0 saturated heterocycles. The van der Waals surface area contributed by atoms with E-state index in [1.165, 1.54) is 0 Å². The fourth-order valence-corrected chi connectivity index (χ4v) is 0.982. The van der Waals surface area contributed by atoms with Crippen LogP contribution in [0.15, 0.2) is 30.3 Å². The van der Waals surface area contributed by atoms with Crippen LogP contribution < -0.4 is 0 Å². The number of halogens is 1. The molecule has 0 spiro atoms. The lowest BCUT2D eigenvalue weighted by Gasteiger charge is -2.07. The van der Waals surface area contributed by atoms with Gasteiger partial charge in [0.15, 0.2) is 0 Å². The van der Waals surface area contributed by atoms with Gasteiger partial charge in [-0.1, -0.05) is 37.3 Å². The van der Waals surface area contributed by atoms with Crippen molar-refractivity contribution >= 4 is 11.6 Å². The average molecular weight is 215 g/mol. The maximum absolute atomic E-state index is 5.61. The smallest absolute Gasteiger partial charge is 0.107 e. The molecule has 0 aliphatic rings. The van der Waals surface area contributed by atoms with Crippen LogP contribution in [0.5, 0.6) is 0 Å². The highest BCUT2D eigenvalue weighted by molar-refractivity contribution is 6.18.